The average Bonchev–Trinajstić information content (AvgIpc) is 2.80. The lowest BCUT2D eigenvalue weighted by Crippen LogP contribution is -2.41. The van der Waals surface area contributed by atoms with Crippen LogP contribution in [0.3, 0.4) is 0 Å². The van der Waals surface area contributed by atoms with Gasteiger partial charge in [0.15, 0.2) is 11.4 Å². The lowest BCUT2D eigenvalue weighted by molar-refractivity contribution is 0.00578. The van der Waals surface area contributed by atoms with Gasteiger partial charge in [-0.3, -0.25) is 0 Å². The third-order valence-corrected chi connectivity index (χ3v) is 4.32. The highest BCUT2D eigenvalue weighted by atomic mass is 19.1. The summed E-state index contributed by atoms with van der Waals surface area (Å²) < 4.78 is 30.8. The van der Waals surface area contributed by atoms with Crippen LogP contribution in [0.15, 0.2) is 28.9 Å². The topological polar surface area (TPSA) is 31.6 Å². The molecule has 1 aromatic carbocycles. The normalized spacial score (nSPS) is 20.8. The van der Waals surface area contributed by atoms with E-state index < -0.39 is 0 Å². The molecule has 3 rings (SSSR count). The maximum atomic E-state index is 13.6. The smallest absolute Gasteiger partial charge is 0.461 e. The molecule has 1 saturated heterocycles. The monoisotopic (exact) mass is 276 g/mol. The molecule has 1 aliphatic heterocycles. The lowest BCUT2D eigenvalue weighted by Gasteiger charge is -2.32. The van der Waals surface area contributed by atoms with E-state index in [0.717, 1.165) is 10.9 Å². The van der Waals surface area contributed by atoms with E-state index in [1.807, 2.05) is 33.8 Å². The van der Waals surface area contributed by atoms with E-state index in [1.54, 1.807) is 12.3 Å². The molecule has 0 bridgehead atoms. The van der Waals surface area contributed by atoms with Crippen molar-refractivity contribution in [1.29, 1.82) is 0 Å². The molecule has 20 heavy (non-hydrogen) atoms. The second-order valence-electron chi connectivity index (χ2n) is 6.27. The van der Waals surface area contributed by atoms with Crippen molar-refractivity contribution < 1.29 is 18.1 Å². The van der Waals surface area contributed by atoms with Crippen molar-refractivity contribution in [3.05, 3.63) is 35.8 Å². The van der Waals surface area contributed by atoms with Crippen LogP contribution in [0.5, 0.6) is 0 Å². The van der Waals surface area contributed by atoms with Gasteiger partial charge in [-0.25, -0.2) is 4.39 Å². The summed E-state index contributed by atoms with van der Waals surface area (Å²) in [7, 11) is -0.343. The van der Waals surface area contributed by atoms with Gasteiger partial charge in [-0.05, 0) is 39.3 Å². The van der Waals surface area contributed by atoms with Crippen molar-refractivity contribution in [2.75, 3.05) is 0 Å². The summed E-state index contributed by atoms with van der Waals surface area (Å²) >= 11 is 0. The first-order valence-electron chi connectivity index (χ1n) is 6.80. The molecular formula is C15H18BFO3. The minimum Gasteiger partial charge on any atom is -0.461 e. The highest BCUT2D eigenvalue weighted by Crippen LogP contribution is 2.38. The fourth-order valence-electron chi connectivity index (χ4n) is 2.46. The molecular weight excluding hydrogens is 258 g/mol. The highest BCUT2D eigenvalue weighted by molar-refractivity contribution is 6.45. The second kappa shape index (κ2) is 4.33. The predicted octanol–water partition coefficient (Wildman–Crippen LogP) is 3.75. The summed E-state index contributed by atoms with van der Waals surface area (Å²) in [5.74, 6) is -0.345. The average molecular weight is 276 g/mol. The fraction of sp³-hybridized carbons (Fsp3) is 0.467. The maximum Gasteiger partial charge on any atom is 0.462 e. The number of hydrogen-bond acceptors (Lipinski definition) is 3. The zero-order valence-electron chi connectivity index (χ0n) is 12.2. The molecule has 0 amide bonds. The van der Waals surface area contributed by atoms with Crippen molar-refractivity contribution in [3.8, 4) is 0 Å². The Morgan fingerprint density at radius 2 is 1.75 bits per heavy atom. The van der Waals surface area contributed by atoms with Crippen LogP contribution in [-0.4, -0.2) is 18.3 Å². The number of benzene rings is 1. The first-order valence-corrected chi connectivity index (χ1v) is 6.80. The molecule has 0 spiro atoms. The molecule has 0 saturated carbocycles. The summed E-state index contributed by atoms with van der Waals surface area (Å²) in [6, 6.07) is 4.92. The summed E-state index contributed by atoms with van der Waals surface area (Å²) in [4.78, 5) is 0. The van der Waals surface area contributed by atoms with Crippen LogP contribution in [0.4, 0.5) is 4.39 Å². The van der Waals surface area contributed by atoms with Gasteiger partial charge in [-0.15, -0.1) is 0 Å². The molecule has 5 heteroatoms. The zero-order valence-corrected chi connectivity index (χ0v) is 12.2. The van der Waals surface area contributed by atoms with E-state index in [-0.39, 0.29) is 24.1 Å². The Balaban J connectivity index is 1.87. The molecule has 1 aliphatic rings. The molecule has 1 fully saturated rings. The van der Waals surface area contributed by atoms with E-state index in [1.165, 1.54) is 6.07 Å². The molecule has 0 radical (unpaired) electrons. The summed E-state index contributed by atoms with van der Waals surface area (Å²) in [6.07, 6.45) is 2.13. The van der Waals surface area contributed by atoms with E-state index in [0.29, 0.717) is 11.9 Å². The van der Waals surface area contributed by atoms with Gasteiger partial charge in [0.25, 0.3) is 0 Å². The van der Waals surface area contributed by atoms with Gasteiger partial charge in [-0.2, -0.15) is 0 Å². The Morgan fingerprint density at radius 3 is 2.40 bits per heavy atom. The van der Waals surface area contributed by atoms with E-state index >= 15 is 0 Å². The molecule has 0 unspecified atom stereocenters. The number of halogens is 1. The molecule has 0 atom stereocenters. The second-order valence-corrected chi connectivity index (χ2v) is 6.27. The first kappa shape index (κ1) is 13.6. The van der Waals surface area contributed by atoms with Gasteiger partial charge in [0, 0.05) is 11.7 Å². The fourth-order valence-corrected chi connectivity index (χ4v) is 2.46. The van der Waals surface area contributed by atoms with Crippen molar-refractivity contribution in [3.63, 3.8) is 0 Å². The summed E-state index contributed by atoms with van der Waals surface area (Å²) in [5, 5.41) is 0.778. The van der Waals surface area contributed by atoms with Crippen molar-refractivity contribution in [1.82, 2.24) is 0 Å². The Labute approximate surface area is 118 Å². The number of rotatable bonds is 2. The third kappa shape index (κ3) is 2.05. The minimum absolute atomic E-state index is 0.291. The van der Waals surface area contributed by atoms with E-state index in [4.69, 9.17) is 13.7 Å². The summed E-state index contributed by atoms with van der Waals surface area (Å²) in [5.41, 5.74) is 0.474. The van der Waals surface area contributed by atoms with Crippen LogP contribution >= 0.6 is 0 Å². The molecule has 0 aliphatic carbocycles. The number of para-hydroxylation sites is 1. The van der Waals surface area contributed by atoms with Crippen LogP contribution in [-0.2, 0) is 15.6 Å². The summed E-state index contributed by atoms with van der Waals surface area (Å²) in [6.45, 7) is 8.06. The van der Waals surface area contributed by atoms with E-state index in [2.05, 4.69) is 0 Å². The van der Waals surface area contributed by atoms with Gasteiger partial charge >= 0.3 is 7.12 Å². The minimum atomic E-state index is -0.359. The SMILES string of the molecule is CC1(C)OB(Cc2coc3c(F)cccc23)OC1(C)C. The largest absolute Gasteiger partial charge is 0.462 e. The maximum absolute atomic E-state index is 13.6. The molecule has 106 valence electrons. The standard InChI is InChI=1S/C15H18BFO3/c1-14(2)15(3,4)20-16(19-14)8-10-9-18-13-11(10)6-5-7-12(13)17/h5-7,9H,8H2,1-4H3. The Morgan fingerprint density at radius 1 is 1.10 bits per heavy atom. The molecule has 2 heterocycles. The van der Waals surface area contributed by atoms with Gasteiger partial charge in [0.2, 0.25) is 0 Å². The molecule has 0 N–H and O–H groups in total. The number of hydrogen-bond donors (Lipinski definition) is 0. The van der Waals surface area contributed by atoms with Crippen LogP contribution in [0, 0.1) is 5.82 Å². The zero-order chi connectivity index (χ0) is 14.5. The first-order chi connectivity index (χ1) is 9.30. The van der Waals surface area contributed by atoms with Crippen LogP contribution in [0.2, 0.25) is 0 Å². The van der Waals surface area contributed by atoms with Crippen LogP contribution in [0.25, 0.3) is 11.0 Å². The van der Waals surface area contributed by atoms with Gasteiger partial charge < -0.3 is 13.7 Å². The number of furan rings is 1. The van der Waals surface area contributed by atoms with Crippen LogP contribution in [0.1, 0.15) is 33.3 Å². The third-order valence-electron chi connectivity index (χ3n) is 4.32. The Hall–Kier alpha value is -1.33. The Kier molecular flexibility index (Phi) is 2.96. The molecule has 3 nitrogen and oxygen atoms in total. The number of fused-ring (bicyclic) bond motifs is 1. The van der Waals surface area contributed by atoms with Gasteiger partial charge in [-0.1, -0.05) is 12.1 Å². The van der Waals surface area contributed by atoms with Gasteiger partial charge in [0.1, 0.15) is 0 Å². The highest BCUT2D eigenvalue weighted by Gasteiger charge is 2.50. The Bertz CT molecular complexity index is 632. The van der Waals surface area contributed by atoms with Crippen LogP contribution < -0.4 is 0 Å². The van der Waals surface area contributed by atoms with Gasteiger partial charge in [0.05, 0.1) is 17.5 Å². The van der Waals surface area contributed by atoms with Crippen molar-refractivity contribution in [2.24, 2.45) is 0 Å². The van der Waals surface area contributed by atoms with Crippen molar-refractivity contribution in [2.45, 2.75) is 45.2 Å². The molecule has 1 aromatic heterocycles. The van der Waals surface area contributed by atoms with E-state index in [9.17, 15) is 4.39 Å². The predicted molar refractivity (Wildman–Crippen MR) is 76.0 cm³/mol. The van der Waals surface area contributed by atoms with Crippen molar-refractivity contribution >= 4 is 18.1 Å². The quantitative estimate of drug-likeness (QED) is 0.783. The molecule has 2 aromatic rings. The lowest BCUT2D eigenvalue weighted by atomic mass is 9.81.